The lowest BCUT2D eigenvalue weighted by Crippen LogP contribution is -2.46. The molecule has 1 saturated heterocycles. The molecule has 20 heavy (non-hydrogen) atoms. The quantitative estimate of drug-likeness (QED) is 0.876. The zero-order valence-corrected chi connectivity index (χ0v) is 13.5. The average molecular weight is 362 g/mol. The third-order valence-corrected chi connectivity index (χ3v) is 4.37. The van der Waals surface area contributed by atoms with Gasteiger partial charge in [0.1, 0.15) is 0 Å². The van der Waals surface area contributed by atoms with Gasteiger partial charge in [-0.1, -0.05) is 27.5 Å². The third kappa shape index (κ3) is 4.74. The van der Waals surface area contributed by atoms with Crippen molar-refractivity contribution >= 4 is 33.5 Å². The highest BCUT2D eigenvalue weighted by Crippen LogP contribution is 2.22. The van der Waals surface area contributed by atoms with Gasteiger partial charge in [0, 0.05) is 48.8 Å². The standard InChI is InChI=1S/C14H18BrClN2O2/c15-12-1-2-13(16)11(9-12)10-18-7-5-17(6-8-18)4-3-14(19)20/h1-2,9H,3-8,10H2,(H,19,20). The van der Waals surface area contributed by atoms with Gasteiger partial charge in [-0.05, 0) is 23.8 Å². The molecule has 0 aliphatic carbocycles. The van der Waals surface area contributed by atoms with Gasteiger partial charge in [-0.25, -0.2) is 0 Å². The van der Waals surface area contributed by atoms with Crippen molar-refractivity contribution in [3.8, 4) is 0 Å². The van der Waals surface area contributed by atoms with E-state index in [0.717, 1.165) is 47.8 Å². The highest BCUT2D eigenvalue weighted by atomic mass is 79.9. The number of hydrogen-bond donors (Lipinski definition) is 1. The number of nitrogens with zero attached hydrogens (tertiary/aromatic N) is 2. The van der Waals surface area contributed by atoms with Gasteiger partial charge in [0.15, 0.2) is 0 Å². The molecule has 4 nitrogen and oxygen atoms in total. The van der Waals surface area contributed by atoms with Crippen LogP contribution in [0.15, 0.2) is 22.7 Å². The topological polar surface area (TPSA) is 43.8 Å². The van der Waals surface area contributed by atoms with E-state index < -0.39 is 5.97 Å². The molecule has 1 heterocycles. The largest absolute Gasteiger partial charge is 0.481 e. The summed E-state index contributed by atoms with van der Waals surface area (Å²) in [7, 11) is 0. The van der Waals surface area contributed by atoms with Gasteiger partial charge in [-0.15, -0.1) is 0 Å². The molecule has 0 bridgehead atoms. The van der Waals surface area contributed by atoms with Crippen molar-refractivity contribution in [3.05, 3.63) is 33.3 Å². The Kier molecular flexibility index (Phi) is 5.84. The summed E-state index contributed by atoms with van der Waals surface area (Å²) >= 11 is 9.67. The minimum atomic E-state index is -0.728. The summed E-state index contributed by atoms with van der Waals surface area (Å²) in [6, 6.07) is 5.90. The van der Waals surface area contributed by atoms with Crippen molar-refractivity contribution in [2.45, 2.75) is 13.0 Å². The molecule has 0 aromatic heterocycles. The lowest BCUT2D eigenvalue weighted by atomic mass is 10.2. The second kappa shape index (κ2) is 7.41. The molecule has 1 N–H and O–H groups in total. The molecule has 0 amide bonds. The molecule has 0 spiro atoms. The van der Waals surface area contributed by atoms with Gasteiger partial charge in [0.2, 0.25) is 0 Å². The van der Waals surface area contributed by atoms with Crippen LogP contribution in [0.3, 0.4) is 0 Å². The molecule has 1 aliphatic rings. The number of rotatable bonds is 5. The Hall–Kier alpha value is -0.620. The normalized spacial score (nSPS) is 17.3. The van der Waals surface area contributed by atoms with Crippen LogP contribution in [0.4, 0.5) is 0 Å². The minimum Gasteiger partial charge on any atom is -0.481 e. The molecule has 1 aliphatic heterocycles. The Bertz CT molecular complexity index is 476. The predicted octanol–water partition coefficient (Wildman–Crippen LogP) is 2.69. The van der Waals surface area contributed by atoms with Gasteiger partial charge < -0.3 is 10.0 Å². The molecule has 110 valence electrons. The number of carboxylic acids is 1. The van der Waals surface area contributed by atoms with Crippen LogP contribution < -0.4 is 0 Å². The average Bonchev–Trinajstić information content (AvgIpc) is 2.42. The van der Waals surface area contributed by atoms with E-state index in [-0.39, 0.29) is 6.42 Å². The van der Waals surface area contributed by atoms with Crippen molar-refractivity contribution in [1.82, 2.24) is 9.80 Å². The monoisotopic (exact) mass is 360 g/mol. The highest BCUT2D eigenvalue weighted by Gasteiger charge is 2.18. The van der Waals surface area contributed by atoms with Crippen molar-refractivity contribution < 1.29 is 9.90 Å². The predicted molar refractivity (Wildman–Crippen MR) is 83.1 cm³/mol. The summed E-state index contributed by atoms with van der Waals surface area (Å²) < 4.78 is 1.04. The molecule has 0 atom stereocenters. The molecular weight excluding hydrogens is 344 g/mol. The number of piperazine rings is 1. The minimum absolute atomic E-state index is 0.220. The smallest absolute Gasteiger partial charge is 0.304 e. The zero-order chi connectivity index (χ0) is 14.5. The molecule has 1 aromatic carbocycles. The van der Waals surface area contributed by atoms with Crippen molar-refractivity contribution in [2.24, 2.45) is 0 Å². The van der Waals surface area contributed by atoms with Crippen molar-refractivity contribution in [2.75, 3.05) is 32.7 Å². The number of carbonyl (C=O) groups is 1. The molecule has 6 heteroatoms. The second-order valence-electron chi connectivity index (χ2n) is 5.00. The molecule has 2 rings (SSSR count). The maximum absolute atomic E-state index is 10.6. The fourth-order valence-corrected chi connectivity index (χ4v) is 2.92. The highest BCUT2D eigenvalue weighted by molar-refractivity contribution is 9.10. The first-order valence-electron chi connectivity index (χ1n) is 6.65. The number of carboxylic acid groups (broad SMARTS) is 1. The van der Waals surface area contributed by atoms with Crippen LogP contribution >= 0.6 is 27.5 Å². The van der Waals surface area contributed by atoms with Gasteiger partial charge in [-0.3, -0.25) is 9.69 Å². The van der Waals surface area contributed by atoms with Crippen LogP contribution in [0.25, 0.3) is 0 Å². The first-order chi connectivity index (χ1) is 9.54. The van der Waals surface area contributed by atoms with E-state index >= 15 is 0 Å². The summed E-state index contributed by atoms with van der Waals surface area (Å²) in [6.07, 6.45) is 0.220. The van der Waals surface area contributed by atoms with Crippen LogP contribution in [-0.2, 0) is 11.3 Å². The summed E-state index contributed by atoms with van der Waals surface area (Å²) in [6.45, 7) is 5.20. The zero-order valence-electron chi connectivity index (χ0n) is 11.2. The Labute approximate surface area is 132 Å². The Morgan fingerprint density at radius 2 is 1.90 bits per heavy atom. The molecule has 0 radical (unpaired) electrons. The first-order valence-corrected chi connectivity index (χ1v) is 7.82. The van der Waals surface area contributed by atoms with Crippen LogP contribution in [0.2, 0.25) is 5.02 Å². The number of hydrogen-bond acceptors (Lipinski definition) is 3. The fraction of sp³-hybridized carbons (Fsp3) is 0.500. The van der Waals surface area contributed by atoms with Crippen LogP contribution in [0.1, 0.15) is 12.0 Å². The lowest BCUT2D eigenvalue weighted by Gasteiger charge is -2.34. The fourth-order valence-electron chi connectivity index (χ4n) is 2.33. The molecule has 0 unspecified atom stereocenters. The SMILES string of the molecule is O=C(O)CCN1CCN(Cc2cc(Br)ccc2Cl)CC1. The van der Waals surface area contributed by atoms with Gasteiger partial charge in [0.25, 0.3) is 0 Å². The van der Waals surface area contributed by atoms with E-state index in [0.29, 0.717) is 6.54 Å². The van der Waals surface area contributed by atoms with E-state index in [1.165, 1.54) is 0 Å². The van der Waals surface area contributed by atoms with Gasteiger partial charge in [-0.2, -0.15) is 0 Å². The van der Waals surface area contributed by atoms with E-state index in [1.54, 1.807) is 0 Å². The van der Waals surface area contributed by atoms with Crippen molar-refractivity contribution in [1.29, 1.82) is 0 Å². The van der Waals surface area contributed by atoms with E-state index in [2.05, 4.69) is 31.8 Å². The van der Waals surface area contributed by atoms with Crippen LogP contribution in [0.5, 0.6) is 0 Å². The number of halogens is 2. The van der Waals surface area contributed by atoms with E-state index in [4.69, 9.17) is 16.7 Å². The molecule has 1 aromatic rings. The van der Waals surface area contributed by atoms with Gasteiger partial charge >= 0.3 is 5.97 Å². The molecular formula is C14H18BrClN2O2. The summed E-state index contributed by atoms with van der Waals surface area (Å²) in [5.74, 6) is -0.728. The maximum atomic E-state index is 10.6. The lowest BCUT2D eigenvalue weighted by molar-refractivity contribution is -0.137. The third-order valence-electron chi connectivity index (χ3n) is 3.51. The number of aliphatic carboxylic acids is 1. The van der Waals surface area contributed by atoms with Crippen LogP contribution in [0, 0.1) is 0 Å². The maximum Gasteiger partial charge on any atom is 0.304 e. The summed E-state index contributed by atoms with van der Waals surface area (Å²) in [5, 5.41) is 9.48. The Morgan fingerprint density at radius 3 is 2.55 bits per heavy atom. The van der Waals surface area contributed by atoms with Crippen molar-refractivity contribution in [3.63, 3.8) is 0 Å². The Balaban J connectivity index is 1.82. The number of benzene rings is 1. The second-order valence-corrected chi connectivity index (χ2v) is 6.32. The van der Waals surface area contributed by atoms with E-state index in [1.807, 2.05) is 12.1 Å². The summed E-state index contributed by atoms with van der Waals surface area (Å²) in [5.41, 5.74) is 1.13. The molecule has 1 fully saturated rings. The Morgan fingerprint density at radius 1 is 1.25 bits per heavy atom. The van der Waals surface area contributed by atoms with Gasteiger partial charge in [0.05, 0.1) is 6.42 Å². The van der Waals surface area contributed by atoms with E-state index in [9.17, 15) is 4.79 Å². The molecule has 0 saturated carbocycles. The summed E-state index contributed by atoms with van der Waals surface area (Å²) in [4.78, 5) is 15.1. The first kappa shape index (κ1) is 15.8. The van der Waals surface area contributed by atoms with Crippen LogP contribution in [-0.4, -0.2) is 53.6 Å².